The van der Waals surface area contributed by atoms with E-state index in [1.54, 1.807) is 10.8 Å². The van der Waals surface area contributed by atoms with Crippen LogP contribution < -0.4 is 10.3 Å². The summed E-state index contributed by atoms with van der Waals surface area (Å²) in [6.07, 6.45) is 3.48. The van der Waals surface area contributed by atoms with Gasteiger partial charge in [-0.15, -0.1) is 0 Å². The van der Waals surface area contributed by atoms with Gasteiger partial charge >= 0.3 is 6.01 Å². The molecule has 0 bridgehead atoms. The maximum absolute atomic E-state index is 13.4. The van der Waals surface area contributed by atoms with E-state index in [1.807, 2.05) is 60.7 Å². The Balaban J connectivity index is 1.64. The fourth-order valence-corrected chi connectivity index (χ4v) is 3.61. The van der Waals surface area contributed by atoms with Gasteiger partial charge in [-0.3, -0.25) is 9.36 Å². The standard InChI is InChI=1S/C23H20N4O3/c28-22-20(16-8-3-1-4-9-16)25-19-14-24-23(30-17-10-5-2-6-11-17)26-21(19)27(22)15-18-12-7-13-29-18/h1-6,8-11,14,18H,7,12-13,15H2/t18-/m1/s1. The number of rotatable bonds is 5. The van der Waals surface area contributed by atoms with Gasteiger partial charge in [0.25, 0.3) is 5.56 Å². The number of benzene rings is 2. The Bertz CT molecular complexity index is 1220. The van der Waals surface area contributed by atoms with E-state index in [0.29, 0.717) is 35.8 Å². The van der Waals surface area contributed by atoms with Crippen molar-refractivity contribution < 1.29 is 9.47 Å². The maximum atomic E-state index is 13.4. The van der Waals surface area contributed by atoms with Crippen LogP contribution in [0.5, 0.6) is 11.8 Å². The summed E-state index contributed by atoms with van der Waals surface area (Å²) >= 11 is 0. The third-order valence-corrected chi connectivity index (χ3v) is 5.07. The highest BCUT2D eigenvalue weighted by Crippen LogP contribution is 2.22. The van der Waals surface area contributed by atoms with Crippen LogP contribution in [0.1, 0.15) is 12.8 Å². The van der Waals surface area contributed by atoms with Crippen molar-refractivity contribution in [3.63, 3.8) is 0 Å². The third kappa shape index (κ3) is 3.67. The molecular weight excluding hydrogens is 380 g/mol. The number of nitrogens with zero attached hydrogens (tertiary/aromatic N) is 4. The van der Waals surface area contributed by atoms with Gasteiger partial charge in [0, 0.05) is 12.2 Å². The highest BCUT2D eigenvalue weighted by Gasteiger charge is 2.21. The minimum atomic E-state index is -0.200. The number of aromatic nitrogens is 4. The minimum Gasteiger partial charge on any atom is -0.424 e. The van der Waals surface area contributed by atoms with E-state index in [2.05, 4.69) is 15.0 Å². The molecule has 4 aromatic rings. The Labute approximate surface area is 173 Å². The summed E-state index contributed by atoms with van der Waals surface area (Å²) in [4.78, 5) is 26.8. The zero-order valence-electron chi connectivity index (χ0n) is 16.3. The smallest absolute Gasteiger partial charge is 0.324 e. The molecule has 1 saturated heterocycles. The van der Waals surface area contributed by atoms with Crippen molar-refractivity contribution in [1.29, 1.82) is 0 Å². The molecule has 0 spiro atoms. The van der Waals surface area contributed by atoms with Crippen LogP contribution in [-0.4, -0.2) is 32.2 Å². The van der Waals surface area contributed by atoms with Crippen LogP contribution in [0, 0.1) is 0 Å². The average Bonchev–Trinajstić information content (AvgIpc) is 3.30. The molecule has 150 valence electrons. The van der Waals surface area contributed by atoms with Crippen molar-refractivity contribution in [1.82, 2.24) is 19.5 Å². The molecular formula is C23H20N4O3. The summed E-state index contributed by atoms with van der Waals surface area (Å²) in [5.41, 5.74) is 1.91. The topological polar surface area (TPSA) is 79.1 Å². The molecule has 2 aromatic carbocycles. The molecule has 3 heterocycles. The maximum Gasteiger partial charge on any atom is 0.324 e. The summed E-state index contributed by atoms with van der Waals surface area (Å²) < 4.78 is 13.2. The number of para-hydroxylation sites is 1. The van der Waals surface area contributed by atoms with Gasteiger partial charge in [0.1, 0.15) is 17.0 Å². The van der Waals surface area contributed by atoms with Gasteiger partial charge in [0.15, 0.2) is 5.65 Å². The predicted molar refractivity (Wildman–Crippen MR) is 113 cm³/mol. The molecule has 1 atom stereocenters. The van der Waals surface area contributed by atoms with Crippen molar-refractivity contribution in [3.05, 3.63) is 77.2 Å². The van der Waals surface area contributed by atoms with E-state index in [1.165, 1.54) is 0 Å². The number of hydrogen-bond acceptors (Lipinski definition) is 6. The van der Waals surface area contributed by atoms with Gasteiger partial charge in [-0.25, -0.2) is 9.97 Å². The van der Waals surface area contributed by atoms with Crippen LogP contribution in [0.4, 0.5) is 0 Å². The molecule has 7 heteroatoms. The fraction of sp³-hybridized carbons (Fsp3) is 0.217. The van der Waals surface area contributed by atoms with Gasteiger partial charge in [0.05, 0.1) is 18.8 Å². The normalized spacial score (nSPS) is 16.1. The van der Waals surface area contributed by atoms with Crippen LogP contribution >= 0.6 is 0 Å². The van der Waals surface area contributed by atoms with E-state index in [4.69, 9.17) is 9.47 Å². The summed E-state index contributed by atoms with van der Waals surface area (Å²) in [6.45, 7) is 1.13. The lowest BCUT2D eigenvalue weighted by atomic mass is 10.1. The summed E-state index contributed by atoms with van der Waals surface area (Å²) in [5.74, 6) is 0.624. The van der Waals surface area contributed by atoms with Crippen LogP contribution in [0.2, 0.25) is 0 Å². The molecule has 0 radical (unpaired) electrons. The average molecular weight is 400 g/mol. The van der Waals surface area contributed by atoms with E-state index in [0.717, 1.165) is 18.4 Å². The van der Waals surface area contributed by atoms with Crippen LogP contribution in [0.3, 0.4) is 0 Å². The van der Waals surface area contributed by atoms with E-state index in [-0.39, 0.29) is 17.7 Å². The first-order chi connectivity index (χ1) is 14.8. The Hall–Kier alpha value is -3.58. The van der Waals surface area contributed by atoms with Crippen molar-refractivity contribution in [2.45, 2.75) is 25.5 Å². The molecule has 0 saturated carbocycles. The number of ether oxygens (including phenoxy) is 2. The van der Waals surface area contributed by atoms with Crippen molar-refractivity contribution in [2.75, 3.05) is 6.61 Å². The molecule has 7 nitrogen and oxygen atoms in total. The Morgan fingerprint density at radius 1 is 1.03 bits per heavy atom. The molecule has 0 amide bonds. The lowest BCUT2D eigenvalue weighted by Gasteiger charge is -2.15. The fourth-order valence-electron chi connectivity index (χ4n) is 3.61. The zero-order chi connectivity index (χ0) is 20.3. The molecule has 1 aliphatic heterocycles. The minimum absolute atomic E-state index is 0.0228. The molecule has 30 heavy (non-hydrogen) atoms. The highest BCUT2D eigenvalue weighted by molar-refractivity contribution is 5.73. The lowest BCUT2D eigenvalue weighted by Crippen LogP contribution is -2.29. The third-order valence-electron chi connectivity index (χ3n) is 5.07. The van der Waals surface area contributed by atoms with Gasteiger partial charge in [-0.05, 0) is 25.0 Å². The molecule has 0 aliphatic carbocycles. The summed E-state index contributed by atoms with van der Waals surface area (Å²) in [6, 6.07) is 18.9. The first-order valence-electron chi connectivity index (χ1n) is 9.95. The quantitative estimate of drug-likeness (QED) is 0.507. The van der Waals surface area contributed by atoms with Crippen LogP contribution in [-0.2, 0) is 11.3 Å². The van der Waals surface area contributed by atoms with Crippen LogP contribution in [0.25, 0.3) is 22.4 Å². The second kappa shape index (κ2) is 8.04. The predicted octanol–water partition coefficient (Wildman–Crippen LogP) is 3.82. The molecule has 1 fully saturated rings. The highest BCUT2D eigenvalue weighted by atomic mass is 16.5. The van der Waals surface area contributed by atoms with E-state index >= 15 is 0 Å². The number of fused-ring (bicyclic) bond motifs is 1. The van der Waals surface area contributed by atoms with Crippen LogP contribution in [0.15, 0.2) is 71.7 Å². The summed E-state index contributed by atoms with van der Waals surface area (Å²) in [5, 5.41) is 0. The molecule has 5 rings (SSSR count). The monoisotopic (exact) mass is 400 g/mol. The van der Waals surface area contributed by atoms with Crippen molar-refractivity contribution in [3.8, 4) is 23.0 Å². The largest absolute Gasteiger partial charge is 0.424 e. The molecule has 0 N–H and O–H groups in total. The van der Waals surface area contributed by atoms with E-state index < -0.39 is 0 Å². The first-order valence-corrected chi connectivity index (χ1v) is 9.95. The Morgan fingerprint density at radius 3 is 2.53 bits per heavy atom. The SMILES string of the molecule is O=c1c(-c2ccccc2)nc2cnc(Oc3ccccc3)nc2n1C[C@H]1CCCO1. The molecule has 2 aromatic heterocycles. The summed E-state index contributed by atoms with van der Waals surface area (Å²) in [7, 11) is 0. The van der Waals surface area contributed by atoms with Crippen molar-refractivity contribution in [2.24, 2.45) is 0 Å². The van der Waals surface area contributed by atoms with Gasteiger partial charge in [-0.1, -0.05) is 48.5 Å². The Kier molecular flexibility index (Phi) is 4.94. The number of hydrogen-bond donors (Lipinski definition) is 0. The Morgan fingerprint density at radius 2 is 1.80 bits per heavy atom. The van der Waals surface area contributed by atoms with Gasteiger partial charge < -0.3 is 9.47 Å². The molecule has 0 unspecified atom stereocenters. The molecule has 1 aliphatic rings. The van der Waals surface area contributed by atoms with Gasteiger partial charge in [-0.2, -0.15) is 4.98 Å². The van der Waals surface area contributed by atoms with Crippen molar-refractivity contribution >= 4 is 11.2 Å². The van der Waals surface area contributed by atoms with E-state index in [9.17, 15) is 4.79 Å². The lowest BCUT2D eigenvalue weighted by molar-refractivity contribution is 0.0970. The first kappa shape index (κ1) is 18.4. The second-order valence-corrected chi connectivity index (χ2v) is 7.15. The zero-order valence-corrected chi connectivity index (χ0v) is 16.3. The second-order valence-electron chi connectivity index (χ2n) is 7.15. The van der Waals surface area contributed by atoms with Gasteiger partial charge in [0.2, 0.25) is 0 Å².